The Labute approximate surface area is 295 Å². The molecule has 0 atom stereocenters. The Morgan fingerprint density at radius 2 is 1.28 bits per heavy atom. The number of anilines is 1. The third-order valence-corrected chi connectivity index (χ3v) is 10.1. The van der Waals surface area contributed by atoms with Gasteiger partial charge in [0.1, 0.15) is 6.54 Å². The van der Waals surface area contributed by atoms with Gasteiger partial charge >= 0.3 is 0 Å². The van der Waals surface area contributed by atoms with Crippen molar-refractivity contribution in [2.45, 2.75) is 64.2 Å². The Morgan fingerprint density at radius 1 is 0.696 bits per heavy atom. The van der Waals surface area contributed by atoms with Crippen LogP contribution in [0.2, 0.25) is 10.0 Å². The fraction of sp³-hybridized carbons (Fsp3) is 0.293. The molecule has 46 heavy (non-hydrogen) atoms. The van der Waals surface area contributed by atoms with Crippen molar-refractivity contribution in [3.8, 4) is 0 Å². The third kappa shape index (κ3) is 6.93. The van der Waals surface area contributed by atoms with Gasteiger partial charge in [0.25, 0.3) is 0 Å². The first-order chi connectivity index (χ1) is 21.7. The van der Waals surface area contributed by atoms with Gasteiger partial charge in [-0.1, -0.05) is 104 Å². The molecule has 0 unspecified atom stereocenters. The van der Waals surface area contributed by atoms with Crippen LogP contribution in [0.3, 0.4) is 0 Å². The van der Waals surface area contributed by atoms with Crippen LogP contribution in [-0.4, -0.2) is 23.4 Å². The minimum Gasteiger partial charge on any atom is -1.00 e. The van der Waals surface area contributed by atoms with Crippen molar-refractivity contribution in [1.82, 2.24) is 0 Å². The van der Waals surface area contributed by atoms with Gasteiger partial charge in [-0.3, -0.25) is 0 Å². The van der Waals surface area contributed by atoms with Crippen LogP contribution < -0.4 is 21.9 Å². The summed E-state index contributed by atoms with van der Waals surface area (Å²) in [6, 6.07) is 34.3. The van der Waals surface area contributed by atoms with E-state index in [-0.39, 0.29) is 27.8 Å². The fourth-order valence-corrected chi connectivity index (χ4v) is 7.52. The summed E-state index contributed by atoms with van der Waals surface area (Å²) in [5.41, 5.74) is 10.1. The summed E-state index contributed by atoms with van der Waals surface area (Å²) in [7, 11) is 0. The summed E-state index contributed by atoms with van der Waals surface area (Å²) in [5.74, 6) is 0. The topological polar surface area (TPSA) is 6.25 Å². The van der Waals surface area contributed by atoms with Gasteiger partial charge in [0.15, 0.2) is 5.71 Å². The molecule has 0 amide bonds. The molecule has 2 nitrogen and oxygen atoms in total. The third-order valence-electron chi connectivity index (χ3n) is 9.60. The molecule has 238 valence electrons. The Balaban J connectivity index is 0.00000417. The highest BCUT2D eigenvalue weighted by molar-refractivity contribution is 6.31. The minimum absolute atomic E-state index is 0. The van der Waals surface area contributed by atoms with Gasteiger partial charge in [-0.2, -0.15) is 4.58 Å². The first kappa shape index (κ1) is 34.2. The second-order valence-corrected chi connectivity index (χ2v) is 14.2. The van der Waals surface area contributed by atoms with E-state index < -0.39 is 0 Å². The minimum atomic E-state index is -0.168. The molecular weight excluding hydrogens is 671 g/mol. The van der Waals surface area contributed by atoms with Crippen LogP contribution in [-0.2, 0) is 23.7 Å². The highest BCUT2D eigenvalue weighted by Gasteiger charge is 2.44. The van der Waals surface area contributed by atoms with Crippen molar-refractivity contribution in [1.29, 1.82) is 0 Å². The summed E-state index contributed by atoms with van der Waals surface area (Å²) >= 11 is 13.1. The van der Waals surface area contributed by atoms with Crippen molar-refractivity contribution in [3.05, 3.63) is 153 Å². The van der Waals surface area contributed by atoms with E-state index in [2.05, 4.69) is 140 Å². The van der Waals surface area contributed by atoms with E-state index in [0.717, 1.165) is 48.8 Å². The smallest absolute Gasteiger partial charge is 0.209 e. The first-order valence-electron chi connectivity index (χ1n) is 16.2. The Morgan fingerprint density at radius 3 is 1.93 bits per heavy atom. The van der Waals surface area contributed by atoms with Gasteiger partial charge in [0.05, 0.1) is 5.41 Å². The molecule has 0 N–H and O–H groups in total. The predicted molar refractivity (Wildman–Crippen MR) is 193 cm³/mol. The maximum atomic E-state index is 6.53. The molecule has 0 saturated heterocycles. The number of hydrogen-bond donors (Lipinski definition) is 0. The number of allylic oxidation sites excluding steroid dienone is 4. The van der Waals surface area contributed by atoms with Crippen molar-refractivity contribution in [2.75, 3.05) is 18.0 Å². The summed E-state index contributed by atoms with van der Waals surface area (Å²) in [6.07, 6.45) is 11.2. The molecule has 0 aliphatic carbocycles. The van der Waals surface area contributed by atoms with E-state index in [4.69, 9.17) is 23.2 Å². The lowest BCUT2D eigenvalue weighted by Crippen LogP contribution is -3.00. The average Bonchev–Trinajstić information content (AvgIpc) is 3.36. The van der Waals surface area contributed by atoms with E-state index in [1.54, 1.807) is 0 Å². The van der Waals surface area contributed by atoms with Gasteiger partial charge in [0, 0.05) is 57.5 Å². The monoisotopic (exact) mass is 712 g/mol. The molecule has 0 spiro atoms. The summed E-state index contributed by atoms with van der Waals surface area (Å²) in [6.45, 7) is 11.2. The number of benzene rings is 4. The summed E-state index contributed by atoms with van der Waals surface area (Å²) in [5, 5.41) is 1.57. The van der Waals surface area contributed by atoms with Gasteiger partial charge in [0.2, 0.25) is 5.69 Å². The van der Waals surface area contributed by atoms with E-state index in [1.807, 2.05) is 12.1 Å². The lowest BCUT2D eigenvalue weighted by Gasteiger charge is -2.27. The molecule has 4 aromatic rings. The van der Waals surface area contributed by atoms with Gasteiger partial charge in [-0.15, -0.1) is 0 Å². The molecular formula is C41H43BrCl2N2. The second-order valence-electron chi connectivity index (χ2n) is 13.4. The second kappa shape index (κ2) is 14.3. The van der Waals surface area contributed by atoms with Gasteiger partial charge in [-0.25, -0.2) is 0 Å². The van der Waals surface area contributed by atoms with Crippen LogP contribution in [0, 0.1) is 0 Å². The molecule has 2 aliphatic rings. The molecule has 4 aromatic carbocycles. The number of hydrogen-bond acceptors (Lipinski definition) is 1. The largest absolute Gasteiger partial charge is 1.00 e. The van der Waals surface area contributed by atoms with E-state index in [1.165, 1.54) is 45.0 Å². The number of rotatable bonds is 10. The zero-order chi connectivity index (χ0) is 31.6. The van der Waals surface area contributed by atoms with Crippen molar-refractivity contribution >= 4 is 40.3 Å². The molecule has 0 saturated carbocycles. The molecule has 0 fully saturated rings. The zero-order valence-electron chi connectivity index (χ0n) is 27.2. The number of halogens is 3. The molecule has 5 heteroatoms. The van der Waals surface area contributed by atoms with E-state index in [0.29, 0.717) is 0 Å². The van der Waals surface area contributed by atoms with Crippen LogP contribution in [0.15, 0.2) is 121 Å². The van der Waals surface area contributed by atoms with Crippen molar-refractivity contribution < 1.29 is 21.6 Å². The van der Waals surface area contributed by atoms with Crippen LogP contribution in [0.5, 0.6) is 0 Å². The van der Waals surface area contributed by atoms with Gasteiger partial charge < -0.3 is 21.9 Å². The lowest BCUT2D eigenvalue weighted by molar-refractivity contribution is -0.438. The van der Waals surface area contributed by atoms with E-state index in [9.17, 15) is 0 Å². The SMILES string of the molecule is CC1(C)C(=CC=CC2=[N+](CCCc3ccccc3)c3ccc(Cl)cc3C2(C)C)N(CCCc2ccccc2)c2ccc(Cl)cc21.[Br-]. The maximum Gasteiger partial charge on any atom is 0.209 e. The Hall–Kier alpha value is -3.11. The van der Waals surface area contributed by atoms with Crippen LogP contribution in [0.25, 0.3) is 0 Å². The fourth-order valence-electron chi connectivity index (χ4n) is 7.18. The highest BCUT2D eigenvalue weighted by Crippen LogP contribution is 2.49. The molecule has 2 aliphatic heterocycles. The van der Waals surface area contributed by atoms with Crippen molar-refractivity contribution in [2.24, 2.45) is 0 Å². The predicted octanol–water partition coefficient (Wildman–Crippen LogP) is 7.88. The van der Waals surface area contributed by atoms with Crippen LogP contribution >= 0.6 is 23.2 Å². The first-order valence-corrected chi connectivity index (χ1v) is 16.9. The molecule has 6 rings (SSSR count). The summed E-state index contributed by atoms with van der Waals surface area (Å²) in [4.78, 5) is 2.51. The quantitative estimate of drug-likeness (QED) is 0.152. The highest BCUT2D eigenvalue weighted by atomic mass is 79.9. The average molecular weight is 715 g/mol. The zero-order valence-corrected chi connectivity index (χ0v) is 30.3. The Bertz CT molecular complexity index is 1770. The molecule has 0 aromatic heterocycles. The number of fused-ring (bicyclic) bond motifs is 2. The number of nitrogens with zero attached hydrogens (tertiary/aromatic N) is 2. The van der Waals surface area contributed by atoms with Crippen LogP contribution in [0.1, 0.15) is 62.8 Å². The molecule has 2 heterocycles. The lowest BCUT2D eigenvalue weighted by atomic mass is 9.81. The van der Waals surface area contributed by atoms with Crippen LogP contribution in [0.4, 0.5) is 11.4 Å². The van der Waals surface area contributed by atoms with E-state index >= 15 is 0 Å². The summed E-state index contributed by atoms with van der Waals surface area (Å²) < 4.78 is 2.51. The van der Waals surface area contributed by atoms with Crippen molar-refractivity contribution in [3.63, 3.8) is 0 Å². The number of aryl methyl sites for hydroxylation is 2. The molecule has 0 radical (unpaired) electrons. The maximum absolute atomic E-state index is 6.53. The normalized spacial score (nSPS) is 17.0. The Kier molecular flexibility index (Phi) is 10.7. The van der Waals surface area contributed by atoms with Gasteiger partial charge in [-0.05, 0) is 86.2 Å². The molecule has 0 bridgehead atoms. The standard InChI is InChI=1S/C41H43Cl2N2.BrH/c1-40(2)34-28-32(42)22-24-36(34)44(26-12-18-30-14-7-5-8-15-30)38(40)20-11-21-39-41(3,4)35-29-33(43)23-25-37(35)45(39)27-13-19-31-16-9-6-10-17-31;/h5-11,14-17,20-25,28-29H,12-13,18-19,26-27H2,1-4H3;1H/q+1;/p-1.